The van der Waals surface area contributed by atoms with E-state index in [-0.39, 0.29) is 24.4 Å². The van der Waals surface area contributed by atoms with Gasteiger partial charge in [0.05, 0.1) is 29.9 Å². The molecule has 0 unspecified atom stereocenters. The summed E-state index contributed by atoms with van der Waals surface area (Å²) in [4.78, 5) is 13.7. The van der Waals surface area contributed by atoms with Crippen LogP contribution in [0, 0.1) is 11.3 Å². The Hall–Kier alpha value is -2.63. The first-order valence-corrected chi connectivity index (χ1v) is 8.15. The molecule has 8 heteroatoms. The summed E-state index contributed by atoms with van der Waals surface area (Å²) in [6, 6.07) is 3.82. The Kier molecular flexibility index (Phi) is 4.88. The number of aldehydes is 1. The number of benzene rings is 1. The molecule has 0 bridgehead atoms. The van der Waals surface area contributed by atoms with Crippen LogP contribution in [0.4, 0.5) is 11.5 Å². The SMILES string of the molecule is C[C@@H]1CN(c2c(C=O)cc3c(NCCO)noc3c2C#N)C[C@@H](C)O1. The van der Waals surface area contributed by atoms with Crippen molar-refractivity contribution in [1.29, 1.82) is 5.26 Å². The molecular formula is C17H20N4O4. The number of aromatic nitrogens is 1. The fourth-order valence-corrected chi connectivity index (χ4v) is 3.28. The Morgan fingerprint density at radius 2 is 2.20 bits per heavy atom. The van der Waals surface area contributed by atoms with Gasteiger partial charge in [0.15, 0.2) is 17.7 Å². The van der Waals surface area contributed by atoms with Gasteiger partial charge in [-0.1, -0.05) is 5.16 Å². The zero-order valence-corrected chi connectivity index (χ0v) is 14.2. The van der Waals surface area contributed by atoms with E-state index in [1.165, 1.54) is 0 Å². The van der Waals surface area contributed by atoms with E-state index >= 15 is 0 Å². The van der Waals surface area contributed by atoms with E-state index in [2.05, 4.69) is 16.5 Å². The Balaban J connectivity index is 2.15. The van der Waals surface area contributed by atoms with Gasteiger partial charge in [0.1, 0.15) is 11.6 Å². The highest BCUT2D eigenvalue weighted by Crippen LogP contribution is 2.36. The lowest BCUT2D eigenvalue weighted by Crippen LogP contribution is -2.46. The Labute approximate surface area is 144 Å². The number of nitrogens with one attached hydrogen (secondary N) is 1. The quantitative estimate of drug-likeness (QED) is 0.786. The topological polar surface area (TPSA) is 112 Å². The number of morpholine rings is 1. The van der Waals surface area contributed by atoms with Crippen molar-refractivity contribution in [3.05, 3.63) is 17.2 Å². The number of aliphatic hydroxyl groups excluding tert-OH is 1. The molecule has 3 rings (SSSR count). The van der Waals surface area contributed by atoms with Gasteiger partial charge in [0.2, 0.25) is 0 Å². The third-order valence-electron chi connectivity index (χ3n) is 4.14. The summed E-state index contributed by atoms with van der Waals surface area (Å²) in [5, 5.41) is 26.1. The van der Waals surface area contributed by atoms with Gasteiger partial charge in [-0.25, -0.2) is 0 Å². The van der Waals surface area contributed by atoms with Gasteiger partial charge in [-0.05, 0) is 19.9 Å². The molecule has 0 amide bonds. The van der Waals surface area contributed by atoms with Crippen molar-refractivity contribution in [2.24, 2.45) is 0 Å². The molecule has 0 radical (unpaired) electrons. The highest BCUT2D eigenvalue weighted by Gasteiger charge is 2.29. The second-order valence-corrected chi connectivity index (χ2v) is 6.14. The fraction of sp³-hybridized carbons (Fsp3) is 0.471. The minimum absolute atomic E-state index is 0.0120. The lowest BCUT2D eigenvalue weighted by atomic mass is 10.0. The van der Waals surface area contributed by atoms with Crippen molar-refractivity contribution in [2.45, 2.75) is 26.1 Å². The lowest BCUT2D eigenvalue weighted by molar-refractivity contribution is -0.00526. The summed E-state index contributed by atoms with van der Waals surface area (Å²) in [7, 11) is 0. The fourth-order valence-electron chi connectivity index (χ4n) is 3.28. The van der Waals surface area contributed by atoms with Crippen molar-refractivity contribution in [3.8, 4) is 6.07 Å². The molecule has 2 aromatic rings. The summed E-state index contributed by atoms with van der Waals surface area (Å²) in [6.45, 7) is 5.30. The number of hydrogen-bond acceptors (Lipinski definition) is 8. The zero-order chi connectivity index (χ0) is 18.0. The molecule has 2 N–H and O–H groups in total. The maximum Gasteiger partial charge on any atom is 0.189 e. The third-order valence-corrected chi connectivity index (χ3v) is 4.14. The molecule has 2 heterocycles. The van der Waals surface area contributed by atoms with Crippen LogP contribution in [-0.4, -0.2) is 55.0 Å². The summed E-state index contributed by atoms with van der Waals surface area (Å²) in [5.74, 6) is 0.402. The molecule has 0 saturated carbocycles. The van der Waals surface area contributed by atoms with Crippen LogP contribution in [0.3, 0.4) is 0 Å². The van der Waals surface area contributed by atoms with Crippen LogP contribution in [0.15, 0.2) is 10.6 Å². The molecule has 2 atom stereocenters. The second kappa shape index (κ2) is 7.09. The number of carbonyl (C=O) groups excluding carboxylic acids is 1. The molecule has 0 spiro atoms. The summed E-state index contributed by atoms with van der Waals surface area (Å²) in [6.07, 6.45) is 0.715. The molecule has 1 saturated heterocycles. The van der Waals surface area contributed by atoms with Crippen LogP contribution < -0.4 is 10.2 Å². The number of nitriles is 1. The largest absolute Gasteiger partial charge is 0.395 e. The number of nitrogens with zero attached hydrogens (tertiary/aromatic N) is 3. The third kappa shape index (κ3) is 3.16. The van der Waals surface area contributed by atoms with Crippen molar-refractivity contribution in [3.63, 3.8) is 0 Å². The molecule has 1 aliphatic rings. The van der Waals surface area contributed by atoms with Gasteiger partial charge < -0.3 is 24.6 Å². The highest BCUT2D eigenvalue weighted by molar-refractivity contribution is 6.02. The predicted molar refractivity (Wildman–Crippen MR) is 91.9 cm³/mol. The van der Waals surface area contributed by atoms with Crippen molar-refractivity contribution >= 4 is 28.8 Å². The lowest BCUT2D eigenvalue weighted by Gasteiger charge is -2.37. The normalized spacial score (nSPS) is 20.5. The van der Waals surface area contributed by atoms with Crippen LogP contribution in [-0.2, 0) is 4.74 Å². The number of rotatable bonds is 5. The van der Waals surface area contributed by atoms with Crippen molar-refractivity contribution in [1.82, 2.24) is 5.16 Å². The summed E-state index contributed by atoms with van der Waals surface area (Å²) in [5.41, 5.74) is 1.57. The molecule has 8 nitrogen and oxygen atoms in total. The van der Waals surface area contributed by atoms with E-state index in [1.54, 1.807) is 6.07 Å². The Morgan fingerprint density at radius 3 is 2.80 bits per heavy atom. The predicted octanol–water partition coefficient (Wildman–Crippen LogP) is 1.53. The van der Waals surface area contributed by atoms with E-state index in [0.29, 0.717) is 47.7 Å². The number of anilines is 2. The van der Waals surface area contributed by atoms with Crippen LogP contribution in [0.25, 0.3) is 11.0 Å². The Morgan fingerprint density at radius 1 is 1.48 bits per heavy atom. The maximum absolute atomic E-state index is 11.7. The number of aliphatic hydroxyl groups is 1. The number of carbonyl (C=O) groups is 1. The molecule has 1 aromatic heterocycles. The molecular weight excluding hydrogens is 324 g/mol. The van der Waals surface area contributed by atoms with Crippen molar-refractivity contribution < 1.29 is 19.2 Å². The van der Waals surface area contributed by atoms with E-state index in [0.717, 1.165) is 6.29 Å². The highest BCUT2D eigenvalue weighted by atomic mass is 16.5. The average Bonchev–Trinajstić information content (AvgIpc) is 2.99. The molecule has 132 valence electrons. The first kappa shape index (κ1) is 17.2. The van der Waals surface area contributed by atoms with Crippen LogP contribution in [0.2, 0.25) is 0 Å². The minimum Gasteiger partial charge on any atom is -0.395 e. The monoisotopic (exact) mass is 344 g/mol. The van der Waals surface area contributed by atoms with Crippen LogP contribution in [0.5, 0.6) is 0 Å². The second-order valence-electron chi connectivity index (χ2n) is 6.14. The van der Waals surface area contributed by atoms with Gasteiger partial charge in [0.25, 0.3) is 0 Å². The van der Waals surface area contributed by atoms with Gasteiger partial charge in [-0.15, -0.1) is 0 Å². The van der Waals surface area contributed by atoms with Crippen LogP contribution >= 0.6 is 0 Å². The average molecular weight is 344 g/mol. The number of hydrogen-bond donors (Lipinski definition) is 2. The van der Waals surface area contributed by atoms with Gasteiger partial charge >= 0.3 is 0 Å². The van der Waals surface area contributed by atoms with E-state index < -0.39 is 0 Å². The first-order chi connectivity index (χ1) is 12.1. The zero-order valence-electron chi connectivity index (χ0n) is 14.2. The summed E-state index contributed by atoms with van der Waals surface area (Å²) >= 11 is 0. The summed E-state index contributed by atoms with van der Waals surface area (Å²) < 4.78 is 11.1. The molecule has 1 aliphatic heterocycles. The van der Waals surface area contributed by atoms with E-state index in [4.69, 9.17) is 14.4 Å². The molecule has 25 heavy (non-hydrogen) atoms. The van der Waals surface area contributed by atoms with Gasteiger partial charge in [-0.2, -0.15) is 5.26 Å². The molecule has 0 aliphatic carbocycles. The van der Waals surface area contributed by atoms with Crippen molar-refractivity contribution in [2.75, 3.05) is 36.5 Å². The minimum atomic E-state index is -0.0678. The van der Waals surface area contributed by atoms with Crippen LogP contribution in [0.1, 0.15) is 29.8 Å². The van der Waals surface area contributed by atoms with Gasteiger partial charge in [0, 0.05) is 25.2 Å². The van der Waals surface area contributed by atoms with Gasteiger partial charge in [-0.3, -0.25) is 4.79 Å². The first-order valence-electron chi connectivity index (χ1n) is 8.15. The Bertz CT molecular complexity index is 816. The van der Waals surface area contributed by atoms with E-state index in [9.17, 15) is 10.1 Å². The maximum atomic E-state index is 11.7. The van der Waals surface area contributed by atoms with E-state index in [1.807, 2.05) is 18.7 Å². The smallest absolute Gasteiger partial charge is 0.189 e. The molecule has 1 aromatic carbocycles. The number of ether oxygens (including phenoxy) is 1. The number of fused-ring (bicyclic) bond motifs is 1. The standard InChI is InChI=1S/C17H20N4O4/c1-10-7-21(8-11(2)24-10)15-12(9-23)5-13-16(14(15)6-18)25-20-17(13)19-3-4-22/h5,9-11,22H,3-4,7-8H2,1-2H3,(H,19,20)/t10-,11-/m1/s1. The molecule has 1 fully saturated rings.